The van der Waals surface area contributed by atoms with Crippen molar-refractivity contribution in [3.05, 3.63) is 83.4 Å². The molecule has 1 heteroatoms. The highest BCUT2D eigenvalue weighted by Crippen LogP contribution is 2.57. The molecule has 1 fully saturated rings. The molecule has 0 N–H and O–H groups in total. The van der Waals surface area contributed by atoms with Gasteiger partial charge in [0.25, 0.3) is 0 Å². The molecule has 0 amide bonds. The van der Waals surface area contributed by atoms with Gasteiger partial charge in [-0.15, -0.1) is 0 Å². The first kappa shape index (κ1) is 15.4. The van der Waals surface area contributed by atoms with E-state index in [1.165, 1.54) is 38.6 Å². The SMILES string of the molecule is O=C1Cc2cc3ccc(-c4ccccc4)cc3cc2CC12CC1=CCC2C1. The van der Waals surface area contributed by atoms with Gasteiger partial charge >= 0.3 is 0 Å². The maximum Gasteiger partial charge on any atom is 0.144 e. The molecule has 0 saturated heterocycles. The normalized spacial score (nSPS) is 25.9. The van der Waals surface area contributed by atoms with Gasteiger partial charge in [-0.1, -0.05) is 66.2 Å². The first-order valence-corrected chi connectivity index (χ1v) is 10.0. The number of rotatable bonds is 1. The lowest BCUT2D eigenvalue weighted by Gasteiger charge is -2.39. The van der Waals surface area contributed by atoms with E-state index in [9.17, 15) is 4.79 Å². The van der Waals surface area contributed by atoms with E-state index in [2.05, 4.69) is 66.7 Å². The van der Waals surface area contributed by atoms with Crippen LogP contribution in [0.5, 0.6) is 0 Å². The van der Waals surface area contributed by atoms with Crippen LogP contribution >= 0.6 is 0 Å². The van der Waals surface area contributed by atoms with E-state index >= 15 is 0 Å². The maximum atomic E-state index is 13.1. The zero-order chi connectivity index (χ0) is 18.0. The summed E-state index contributed by atoms with van der Waals surface area (Å²) in [5.41, 5.74) is 6.60. The van der Waals surface area contributed by atoms with Crippen LogP contribution in [0.15, 0.2) is 72.3 Å². The van der Waals surface area contributed by atoms with Crippen LogP contribution in [0.3, 0.4) is 0 Å². The average molecular weight is 350 g/mol. The van der Waals surface area contributed by atoms with E-state index in [0.29, 0.717) is 18.1 Å². The monoisotopic (exact) mass is 350 g/mol. The lowest BCUT2D eigenvalue weighted by Crippen LogP contribution is -2.42. The topological polar surface area (TPSA) is 17.1 Å². The van der Waals surface area contributed by atoms with E-state index in [1.54, 1.807) is 0 Å². The highest BCUT2D eigenvalue weighted by atomic mass is 16.1. The Bertz CT molecular complexity index is 1120. The molecule has 0 aromatic heterocycles. The summed E-state index contributed by atoms with van der Waals surface area (Å²) in [6.07, 6.45) is 7.22. The van der Waals surface area contributed by atoms with Crippen molar-refractivity contribution in [3.8, 4) is 11.1 Å². The first-order valence-electron chi connectivity index (χ1n) is 10.0. The average Bonchev–Trinajstić information content (AvgIpc) is 3.30. The molecule has 1 nitrogen and oxygen atoms in total. The van der Waals surface area contributed by atoms with Crippen LogP contribution in [0.2, 0.25) is 0 Å². The molecule has 27 heavy (non-hydrogen) atoms. The van der Waals surface area contributed by atoms with Crippen LogP contribution in [0.25, 0.3) is 21.9 Å². The van der Waals surface area contributed by atoms with Crippen molar-refractivity contribution in [2.45, 2.75) is 32.1 Å². The van der Waals surface area contributed by atoms with Crippen molar-refractivity contribution in [3.63, 3.8) is 0 Å². The van der Waals surface area contributed by atoms with Gasteiger partial charge in [0.1, 0.15) is 5.78 Å². The highest BCUT2D eigenvalue weighted by Gasteiger charge is 2.53. The number of Topliss-reactive ketones (excluding diaryl/α,β-unsaturated/α-hetero) is 1. The van der Waals surface area contributed by atoms with E-state index in [0.717, 1.165) is 25.7 Å². The zero-order valence-electron chi connectivity index (χ0n) is 15.4. The zero-order valence-corrected chi connectivity index (χ0v) is 15.4. The lowest BCUT2D eigenvalue weighted by atomic mass is 9.63. The molecule has 2 unspecified atom stereocenters. The summed E-state index contributed by atoms with van der Waals surface area (Å²) in [5.74, 6) is 1.04. The predicted octanol–water partition coefficient (Wildman–Crippen LogP) is 5.90. The fourth-order valence-electron chi connectivity index (χ4n) is 5.76. The minimum absolute atomic E-state index is 0.0954. The van der Waals surface area contributed by atoms with Crippen molar-refractivity contribution < 1.29 is 4.79 Å². The van der Waals surface area contributed by atoms with Gasteiger partial charge < -0.3 is 0 Å². The van der Waals surface area contributed by atoms with E-state index < -0.39 is 0 Å². The molecule has 0 radical (unpaired) electrons. The molecule has 1 spiro atoms. The molecule has 0 aliphatic heterocycles. The van der Waals surface area contributed by atoms with Gasteiger partial charge in [0, 0.05) is 11.8 Å². The van der Waals surface area contributed by atoms with Gasteiger partial charge in [0.2, 0.25) is 0 Å². The molecule has 2 atom stereocenters. The summed E-state index contributed by atoms with van der Waals surface area (Å²) in [7, 11) is 0. The molecule has 2 bridgehead atoms. The third-order valence-electron chi connectivity index (χ3n) is 7.20. The number of ketones is 1. The van der Waals surface area contributed by atoms with Crippen molar-refractivity contribution >= 4 is 16.6 Å². The van der Waals surface area contributed by atoms with Crippen molar-refractivity contribution in [1.82, 2.24) is 0 Å². The van der Waals surface area contributed by atoms with Crippen LogP contribution in [0.1, 0.15) is 30.4 Å². The van der Waals surface area contributed by atoms with Crippen molar-refractivity contribution in [1.29, 1.82) is 0 Å². The summed E-state index contributed by atoms with van der Waals surface area (Å²) < 4.78 is 0. The third kappa shape index (κ3) is 2.21. The standard InChI is InChI=1S/C26H22O/c27-25-14-22-12-20-8-7-19(18-4-2-1-3-5-18)11-21(20)13-23(22)16-26(25)15-17-6-9-24(26)10-17/h1-8,11-13,24H,9-10,14-16H2. The molecule has 3 aromatic rings. The second kappa shape index (κ2) is 5.42. The number of fused-ring (bicyclic) bond motifs is 5. The highest BCUT2D eigenvalue weighted by molar-refractivity contribution is 5.94. The van der Waals surface area contributed by atoms with Gasteiger partial charge in [-0.3, -0.25) is 4.79 Å². The van der Waals surface area contributed by atoms with Gasteiger partial charge in [0.05, 0.1) is 0 Å². The Hall–Kier alpha value is -2.67. The van der Waals surface area contributed by atoms with Gasteiger partial charge in [-0.25, -0.2) is 0 Å². The second-order valence-corrected chi connectivity index (χ2v) is 8.66. The van der Waals surface area contributed by atoms with Gasteiger partial charge in [-0.2, -0.15) is 0 Å². The summed E-state index contributed by atoms with van der Waals surface area (Å²) in [6.45, 7) is 0. The Labute approximate surface area is 159 Å². The molecule has 3 aromatic carbocycles. The Kier molecular flexibility index (Phi) is 3.09. The number of carbonyl (C=O) groups is 1. The van der Waals surface area contributed by atoms with Crippen LogP contribution in [-0.2, 0) is 17.6 Å². The third-order valence-corrected chi connectivity index (χ3v) is 7.20. The Morgan fingerprint density at radius 3 is 2.44 bits per heavy atom. The summed E-state index contributed by atoms with van der Waals surface area (Å²) in [5, 5.41) is 2.54. The van der Waals surface area contributed by atoms with Gasteiger partial charge in [0.15, 0.2) is 0 Å². The molecule has 1 saturated carbocycles. The quantitative estimate of drug-likeness (QED) is 0.499. The minimum atomic E-state index is -0.0954. The molecule has 6 rings (SSSR count). The van der Waals surface area contributed by atoms with Crippen LogP contribution < -0.4 is 0 Å². The fraction of sp³-hybridized carbons (Fsp3) is 0.269. The molecular formula is C26H22O. The molecular weight excluding hydrogens is 328 g/mol. The first-order chi connectivity index (χ1) is 13.2. The Morgan fingerprint density at radius 1 is 0.815 bits per heavy atom. The molecule has 3 aliphatic rings. The van der Waals surface area contributed by atoms with E-state index in [1.807, 2.05) is 0 Å². The fourth-order valence-corrected chi connectivity index (χ4v) is 5.76. The number of hydrogen-bond donors (Lipinski definition) is 0. The van der Waals surface area contributed by atoms with Crippen LogP contribution in [-0.4, -0.2) is 5.78 Å². The maximum absolute atomic E-state index is 13.1. The minimum Gasteiger partial charge on any atom is -0.299 e. The molecule has 3 aliphatic carbocycles. The lowest BCUT2D eigenvalue weighted by molar-refractivity contribution is -0.131. The number of allylic oxidation sites excluding steroid dienone is 2. The molecule has 132 valence electrons. The number of benzene rings is 3. The van der Waals surface area contributed by atoms with Crippen molar-refractivity contribution in [2.24, 2.45) is 11.3 Å². The summed E-state index contributed by atoms with van der Waals surface area (Å²) >= 11 is 0. The Morgan fingerprint density at radius 2 is 1.67 bits per heavy atom. The number of carbonyl (C=O) groups excluding carboxylic acids is 1. The van der Waals surface area contributed by atoms with Crippen molar-refractivity contribution in [2.75, 3.05) is 0 Å². The van der Waals surface area contributed by atoms with Gasteiger partial charge in [-0.05, 0) is 70.7 Å². The van der Waals surface area contributed by atoms with E-state index in [-0.39, 0.29) is 5.41 Å². The second-order valence-electron chi connectivity index (χ2n) is 8.66. The summed E-state index contributed by atoms with van der Waals surface area (Å²) in [4.78, 5) is 13.1. The Balaban J connectivity index is 1.46. The number of hydrogen-bond acceptors (Lipinski definition) is 1. The predicted molar refractivity (Wildman–Crippen MR) is 110 cm³/mol. The summed E-state index contributed by atoms with van der Waals surface area (Å²) in [6, 6.07) is 21.9. The van der Waals surface area contributed by atoms with Crippen LogP contribution in [0, 0.1) is 11.3 Å². The largest absolute Gasteiger partial charge is 0.299 e. The molecule has 0 heterocycles. The van der Waals surface area contributed by atoms with Crippen LogP contribution in [0.4, 0.5) is 0 Å². The smallest absolute Gasteiger partial charge is 0.144 e. The van der Waals surface area contributed by atoms with E-state index in [4.69, 9.17) is 0 Å².